The first-order valence-corrected chi connectivity index (χ1v) is 49.8. The van der Waals surface area contributed by atoms with Crippen LogP contribution in [0, 0.1) is 73.9 Å². The fourth-order valence-electron chi connectivity index (χ4n) is 20.3. The van der Waals surface area contributed by atoms with Gasteiger partial charge in [0.05, 0.1) is 50.1 Å². The summed E-state index contributed by atoms with van der Waals surface area (Å²) in [5.41, 5.74) is -2.66. The average molecular weight is 1860 g/mol. The Hall–Kier alpha value is -9.28. The van der Waals surface area contributed by atoms with E-state index in [-0.39, 0.29) is 121 Å². The Morgan fingerprint density at radius 3 is 1.48 bits per heavy atom. The molecule has 1 aromatic heterocycles. The van der Waals surface area contributed by atoms with Crippen molar-refractivity contribution in [2.24, 2.45) is 73.9 Å². The van der Waals surface area contributed by atoms with Crippen LogP contribution < -0.4 is 14.2 Å². The molecule has 133 heavy (non-hydrogen) atoms. The molecular formula is C111H149F2O19S+. The van der Waals surface area contributed by atoms with Gasteiger partial charge in [-0.2, -0.15) is 0 Å². The van der Waals surface area contributed by atoms with Crippen LogP contribution in [0.4, 0.5) is 8.78 Å². The number of halogens is 2. The van der Waals surface area contributed by atoms with Crippen molar-refractivity contribution in [2.75, 3.05) is 0 Å². The van der Waals surface area contributed by atoms with Crippen LogP contribution in [0.5, 0.6) is 23.0 Å². The zero-order valence-corrected chi connectivity index (χ0v) is 84.4. The van der Waals surface area contributed by atoms with Gasteiger partial charge in [0.25, 0.3) is 5.92 Å². The van der Waals surface area contributed by atoms with Gasteiger partial charge in [0.15, 0.2) is 44.5 Å². The fourth-order valence-corrected chi connectivity index (χ4v) is 22.7. The predicted molar refractivity (Wildman–Crippen MR) is 516 cm³/mol. The Morgan fingerprint density at radius 2 is 0.992 bits per heavy atom. The van der Waals surface area contributed by atoms with Gasteiger partial charge in [-0.25, -0.2) is 8.78 Å². The van der Waals surface area contributed by atoms with Gasteiger partial charge in [-0.1, -0.05) is 115 Å². The number of phenols is 1. The zero-order valence-electron chi connectivity index (χ0n) is 83.5. The van der Waals surface area contributed by atoms with E-state index in [4.69, 9.17) is 47.4 Å². The first-order chi connectivity index (χ1) is 62.1. The average Bonchev–Trinajstić information content (AvgIpc) is 1.58. The first kappa shape index (κ1) is 104. The van der Waals surface area contributed by atoms with Crippen molar-refractivity contribution in [3.63, 3.8) is 0 Å². The predicted octanol–water partition coefficient (Wildman–Crippen LogP) is 26.3. The first-order valence-electron chi connectivity index (χ1n) is 48.6. The Kier molecular flexibility index (Phi) is 32.1. The third kappa shape index (κ3) is 24.0. The van der Waals surface area contributed by atoms with Crippen molar-refractivity contribution in [3.8, 4) is 27.9 Å². The molecule has 0 radical (unpaired) electrons. The molecule has 10 fully saturated rings. The van der Waals surface area contributed by atoms with Gasteiger partial charge in [0.2, 0.25) is 0 Å². The summed E-state index contributed by atoms with van der Waals surface area (Å²) in [6.45, 7) is 46.4. The summed E-state index contributed by atoms with van der Waals surface area (Å²) in [4.78, 5) is 99.1. The lowest BCUT2D eigenvalue weighted by atomic mass is 9.48. The minimum atomic E-state index is -3.08. The number of hydrogen-bond acceptors (Lipinski definition) is 19. The maximum atomic E-state index is 13.5. The topological polar surface area (TPSA) is 249 Å². The molecule has 6 aromatic carbocycles. The second kappa shape index (κ2) is 40.9. The molecule has 22 heteroatoms. The van der Waals surface area contributed by atoms with E-state index in [1.54, 1.807) is 13.8 Å². The van der Waals surface area contributed by atoms with Gasteiger partial charge in [0.1, 0.15) is 51.5 Å². The third-order valence-corrected chi connectivity index (χ3v) is 32.3. The maximum Gasteiger partial charge on any atom is 0.316 e. The van der Waals surface area contributed by atoms with Crippen LogP contribution in [0.15, 0.2) is 146 Å². The molecular weight excluding hydrogens is 1710 g/mol. The molecule has 8 bridgehead atoms. The molecule has 13 atom stereocenters. The summed E-state index contributed by atoms with van der Waals surface area (Å²) in [7, 11) is 0.0594. The molecule has 3 aliphatic heterocycles. The Bertz CT molecular complexity index is 5130. The minimum absolute atomic E-state index is 0.0314. The van der Waals surface area contributed by atoms with Crippen molar-refractivity contribution in [2.45, 2.75) is 354 Å². The molecule has 0 spiro atoms. The number of ketones is 1. The number of thiophene rings is 1. The van der Waals surface area contributed by atoms with E-state index in [2.05, 4.69) is 92.7 Å². The highest BCUT2D eigenvalue weighted by Gasteiger charge is 2.67. The van der Waals surface area contributed by atoms with Gasteiger partial charge in [-0.05, 0) is 341 Å². The van der Waals surface area contributed by atoms with Crippen LogP contribution in [-0.4, -0.2) is 112 Å². The van der Waals surface area contributed by atoms with Crippen LogP contribution in [0.3, 0.4) is 0 Å². The Morgan fingerprint density at radius 1 is 0.519 bits per heavy atom. The highest BCUT2D eigenvalue weighted by molar-refractivity contribution is 7.50. The Labute approximate surface area is 791 Å². The molecule has 7 aromatic rings. The maximum absolute atomic E-state index is 13.5. The van der Waals surface area contributed by atoms with Gasteiger partial charge in [-0.3, -0.25) is 38.4 Å². The van der Waals surface area contributed by atoms with Crippen LogP contribution in [-0.2, 0) is 66.7 Å². The van der Waals surface area contributed by atoms with Gasteiger partial charge in [0, 0.05) is 46.6 Å². The second-order valence-electron chi connectivity index (χ2n) is 44.2. The fraction of sp³-hybridized carbons (Fsp3) is 0.604. The molecule has 13 unspecified atom stereocenters. The molecule has 726 valence electrons. The highest BCUT2D eigenvalue weighted by atomic mass is 32.2. The van der Waals surface area contributed by atoms with Crippen molar-refractivity contribution < 1.29 is 99.6 Å². The SMILES string of the molecule is CCC(C)(C)C(=O)OC(c1ccc(OC(C)(C)C)cc1)c1ccc(OC(C)(C)C)cc1.CCC(C)(C)C(=O)OC1(CC)CC2CC1C1CCCC21.CCC(C)(C)C(=O)OC12CC3CC(C1)CC(C(=O)OC(C)C(C)(F)F)(C3)C2.CCC(C)(C)C(=O)OC1C2CC3C(=O)OC1C3O2.CCC(C)(C)C(=O)Oc1ccc(C(C)=O)c(O)c1.c1ccc(-[s+]2c3ccccc3c3ccccc32)cc1. The lowest BCUT2D eigenvalue weighted by Gasteiger charge is -2.60. The number of esters is 7. The van der Waals surface area contributed by atoms with E-state index < -0.39 is 69.0 Å². The van der Waals surface area contributed by atoms with Crippen LogP contribution in [0.2, 0.25) is 0 Å². The lowest BCUT2D eigenvalue weighted by Crippen LogP contribution is -2.61. The number of carbonyl (C=O) groups excluding carboxylic acids is 8. The number of phenolic OH excluding ortho intramolecular Hbond substituents is 1. The Balaban J connectivity index is 0.000000156. The molecule has 19 nitrogen and oxygen atoms in total. The number of benzene rings is 6. The summed E-state index contributed by atoms with van der Waals surface area (Å²) < 4.78 is 87.0. The van der Waals surface area contributed by atoms with E-state index in [0.717, 1.165) is 85.8 Å². The van der Waals surface area contributed by atoms with Gasteiger partial charge >= 0.3 is 41.8 Å². The van der Waals surface area contributed by atoms with E-state index in [1.165, 1.54) is 82.8 Å². The molecule has 7 aliphatic carbocycles. The number of ether oxygens (including phenoxy) is 10. The molecule has 3 saturated heterocycles. The quantitative estimate of drug-likeness (QED) is 0.0184. The number of rotatable bonds is 25. The van der Waals surface area contributed by atoms with Crippen LogP contribution in [0.1, 0.15) is 316 Å². The number of fused-ring (bicyclic) bond motifs is 9. The second-order valence-corrected chi connectivity index (χ2v) is 46.2. The zero-order chi connectivity index (χ0) is 97.9. The van der Waals surface area contributed by atoms with Crippen LogP contribution >= 0.6 is 10.5 Å². The van der Waals surface area contributed by atoms with Crippen molar-refractivity contribution in [1.82, 2.24) is 0 Å². The van der Waals surface area contributed by atoms with E-state index in [1.807, 2.05) is 173 Å². The molecule has 4 heterocycles. The highest BCUT2D eigenvalue weighted by Crippen LogP contribution is 2.66. The largest absolute Gasteiger partial charge is 0.507 e. The van der Waals surface area contributed by atoms with E-state index in [0.29, 0.717) is 57.3 Å². The number of hydrogen-bond donors (Lipinski definition) is 1. The van der Waals surface area contributed by atoms with E-state index >= 15 is 0 Å². The number of alkyl halides is 2. The number of aromatic hydroxyl groups is 1. The van der Waals surface area contributed by atoms with Gasteiger partial charge in [-0.15, -0.1) is 0 Å². The number of carbonyl (C=O) groups is 8. The third-order valence-electron chi connectivity index (χ3n) is 29.9. The standard InChI is InChI=1S/C27H38O4.C21H32F2O4.C18H30O2.C18H13S.C14H18O4.C13H18O5/c1-10-27(8,9)24(28)29-23(19-11-15-21(16-12-19)30-25(2,3)4)20-13-17-22(18-14-20)31-26(5,6)7;1-6-18(3,4)16(24)27-21-10-14-7-15(11-21)9-20(8-14,12-21)17(25)26-13(2)19(5,22)23;1-5-17(3,4)16(19)20-18(6-2)11-12-10-15(18)14-9-7-8-13(12)14;1-2-8-14(9-3-1)19-17-12-6-4-10-15(17)16-11-5-7-13-18(16)19;1-5-14(3,4)13(17)18-10-6-7-11(9(2)15)12(16)8-10;1-4-13(2,3)12(15)18-9-7-5-6-8(16-7)10(9)17-11(6)14/h11-18,23H,10H2,1-9H3;13-15H,6-12H2,1-5H3;12-15H,5-11H2,1-4H3;1-13H;6-8,16H,5H2,1-4H3;6-10H,4-5H2,1-3H3/q;;;+1;;. The minimum Gasteiger partial charge on any atom is -0.507 e. The molecule has 7 saturated carbocycles. The molecule has 1 N–H and O–H groups in total. The molecule has 10 aliphatic rings. The summed E-state index contributed by atoms with van der Waals surface area (Å²) >= 11 is 0. The van der Waals surface area contributed by atoms with E-state index in [9.17, 15) is 52.2 Å². The lowest BCUT2D eigenvalue weighted by molar-refractivity contribution is -0.224. The smallest absolute Gasteiger partial charge is 0.316 e. The van der Waals surface area contributed by atoms with Crippen molar-refractivity contribution >= 4 is 78.2 Å². The summed E-state index contributed by atoms with van der Waals surface area (Å²) in [5.74, 6) is 0.267. The normalized spacial score (nSPS) is 25.4. The number of Topliss-reactive ketones (excluding diaryl/α,β-unsaturated/α-hetero) is 1. The van der Waals surface area contributed by atoms with Crippen molar-refractivity contribution in [1.29, 1.82) is 0 Å². The molecule has 17 rings (SSSR count). The van der Waals surface area contributed by atoms with Gasteiger partial charge < -0.3 is 52.5 Å². The summed E-state index contributed by atoms with van der Waals surface area (Å²) in [6.07, 6.45) is 13.0. The van der Waals surface area contributed by atoms with Crippen LogP contribution in [0.25, 0.3) is 25.1 Å². The summed E-state index contributed by atoms with van der Waals surface area (Å²) in [5, 5.41) is 12.4. The summed E-state index contributed by atoms with van der Waals surface area (Å²) in [6, 6.07) is 48.1. The van der Waals surface area contributed by atoms with Crippen molar-refractivity contribution in [3.05, 3.63) is 162 Å². The monoisotopic (exact) mass is 1860 g/mol. The molecule has 0 amide bonds.